The highest BCUT2D eigenvalue weighted by atomic mass is 127. The van der Waals surface area contributed by atoms with Crippen molar-refractivity contribution in [1.82, 2.24) is 15.6 Å². The Kier molecular flexibility index (Phi) is 10.0. The van der Waals surface area contributed by atoms with Crippen molar-refractivity contribution in [2.45, 2.75) is 33.1 Å². The lowest BCUT2D eigenvalue weighted by atomic mass is 10.1. The number of nitrogens with zero attached hydrogens (tertiary/aromatic N) is 3. The number of halogens is 1. The number of aryl methyl sites for hydroxylation is 1. The first-order valence-corrected chi connectivity index (χ1v) is 10.9. The van der Waals surface area contributed by atoms with Gasteiger partial charge in [-0.05, 0) is 37.8 Å². The molecule has 7 heteroatoms. The Bertz CT molecular complexity index is 719. The van der Waals surface area contributed by atoms with Crippen LogP contribution >= 0.6 is 35.3 Å². The van der Waals surface area contributed by atoms with E-state index in [1.807, 2.05) is 17.5 Å². The molecule has 0 bridgehead atoms. The van der Waals surface area contributed by atoms with Crippen molar-refractivity contribution in [3.63, 3.8) is 0 Å². The van der Waals surface area contributed by atoms with Gasteiger partial charge in [-0.15, -0.1) is 35.3 Å². The summed E-state index contributed by atoms with van der Waals surface area (Å²) in [6.07, 6.45) is 5.21. The monoisotopic (exact) mass is 513 g/mol. The Labute approximate surface area is 190 Å². The molecular formula is C21H32IN5S. The van der Waals surface area contributed by atoms with Gasteiger partial charge < -0.3 is 15.5 Å². The largest absolute Gasteiger partial charge is 0.371 e. The van der Waals surface area contributed by atoms with Gasteiger partial charge in [0, 0.05) is 55.9 Å². The number of hydrogen-bond donors (Lipinski definition) is 2. The molecule has 2 heterocycles. The maximum atomic E-state index is 4.83. The molecule has 1 unspecified atom stereocenters. The Morgan fingerprint density at radius 1 is 1.25 bits per heavy atom. The van der Waals surface area contributed by atoms with Gasteiger partial charge in [0.2, 0.25) is 0 Å². The summed E-state index contributed by atoms with van der Waals surface area (Å²) in [5.74, 6) is 1.54. The van der Waals surface area contributed by atoms with E-state index >= 15 is 0 Å². The molecule has 0 aliphatic carbocycles. The van der Waals surface area contributed by atoms with Gasteiger partial charge in [0.15, 0.2) is 5.96 Å². The minimum Gasteiger partial charge on any atom is -0.371 e. The van der Waals surface area contributed by atoms with Crippen molar-refractivity contribution in [1.29, 1.82) is 0 Å². The molecule has 1 saturated heterocycles. The van der Waals surface area contributed by atoms with Crippen LogP contribution in [0.3, 0.4) is 0 Å². The molecule has 1 aliphatic rings. The van der Waals surface area contributed by atoms with E-state index in [0.29, 0.717) is 5.92 Å². The molecule has 0 spiro atoms. The normalized spacial score (nSPS) is 16.7. The van der Waals surface area contributed by atoms with Gasteiger partial charge in [0.05, 0.1) is 5.01 Å². The number of guanidine groups is 1. The molecule has 1 aromatic carbocycles. The fourth-order valence-electron chi connectivity index (χ4n) is 3.33. The number of nitrogens with one attached hydrogen (secondary N) is 2. The summed E-state index contributed by atoms with van der Waals surface area (Å²) in [5, 5.41) is 8.01. The van der Waals surface area contributed by atoms with Crippen molar-refractivity contribution >= 4 is 47.0 Å². The van der Waals surface area contributed by atoms with Crippen molar-refractivity contribution in [3.05, 3.63) is 46.4 Å². The standard InChI is InChI=1S/C21H31N5S.HI/c1-3-19-15-24-20(27-19)10-12-23-21(22-4-2)25-14-17-11-13-26(16-17)18-8-6-5-7-9-18;/h5-9,15,17H,3-4,10-14,16H2,1-2H3,(H2,22,23,25);1H. The molecular weight excluding hydrogens is 481 g/mol. The summed E-state index contributed by atoms with van der Waals surface area (Å²) in [4.78, 5) is 13.1. The van der Waals surface area contributed by atoms with Crippen LogP contribution in [0.1, 0.15) is 30.2 Å². The number of aromatic nitrogens is 1. The third kappa shape index (κ3) is 6.92. The van der Waals surface area contributed by atoms with E-state index in [0.717, 1.165) is 51.5 Å². The summed E-state index contributed by atoms with van der Waals surface area (Å²) in [6.45, 7) is 9.11. The second kappa shape index (κ2) is 12.3. The van der Waals surface area contributed by atoms with E-state index < -0.39 is 0 Å². The Balaban J connectivity index is 0.00000280. The summed E-state index contributed by atoms with van der Waals surface area (Å²) in [5.41, 5.74) is 1.32. The Hall–Kier alpha value is -1.35. The summed E-state index contributed by atoms with van der Waals surface area (Å²) in [6, 6.07) is 10.7. The zero-order valence-electron chi connectivity index (χ0n) is 16.9. The Morgan fingerprint density at radius 3 is 2.79 bits per heavy atom. The van der Waals surface area contributed by atoms with Crippen LogP contribution in [0.2, 0.25) is 0 Å². The number of para-hydroxylation sites is 1. The first kappa shape index (κ1) is 22.9. The van der Waals surface area contributed by atoms with Crippen LogP contribution < -0.4 is 15.5 Å². The van der Waals surface area contributed by atoms with Crippen LogP contribution in [0, 0.1) is 5.92 Å². The lowest BCUT2D eigenvalue weighted by Crippen LogP contribution is -2.38. The van der Waals surface area contributed by atoms with Crippen molar-refractivity contribution < 1.29 is 0 Å². The summed E-state index contributed by atoms with van der Waals surface area (Å²) < 4.78 is 0. The highest BCUT2D eigenvalue weighted by molar-refractivity contribution is 14.0. The van der Waals surface area contributed by atoms with E-state index in [9.17, 15) is 0 Å². The second-order valence-corrected chi connectivity index (χ2v) is 8.11. The van der Waals surface area contributed by atoms with Crippen LogP contribution in [-0.4, -0.2) is 43.7 Å². The van der Waals surface area contributed by atoms with Crippen molar-refractivity contribution in [2.24, 2.45) is 10.9 Å². The molecule has 28 heavy (non-hydrogen) atoms. The van der Waals surface area contributed by atoms with Gasteiger partial charge in [-0.2, -0.15) is 0 Å². The van der Waals surface area contributed by atoms with Gasteiger partial charge in [-0.3, -0.25) is 4.99 Å². The first-order chi connectivity index (χ1) is 13.3. The zero-order chi connectivity index (χ0) is 18.9. The molecule has 3 rings (SSSR count). The van der Waals surface area contributed by atoms with Crippen molar-refractivity contribution in [2.75, 3.05) is 37.6 Å². The molecule has 0 amide bonds. The SMILES string of the molecule is CCNC(=NCC1CCN(c2ccccc2)C1)NCCc1ncc(CC)s1.I. The van der Waals surface area contributed by atoms with Crippen LogP contribution in [0.25, 0.3) is 0 Å². The van der Waals surface area contributed by atoms with E-state index in [-0.39, 0.29) is 24.0 Å². The second-order valence-electron chi connectivity index (χ2n) is 6.91. The summed E-state index contributed by atoms with van der Waals surface area (Å²) >= 11 is 1.81. The fraction of sp³-hybridized carbons (Fsp3) is 0.524. The number of aliphatic imine (C=N–C) groups is 1. The lowest BCUT2D eigenvalue weighted by molar-refractivity contribution is 0.599. The third-order valence-electron chi connectivity index (χ3n) is 4.84. The first-order valence-electron chi connectivity index (χ1n) is 10.0. The molecule has 1 fully saturated rings. The smallest absolute Gasteiger partial charge is 0.191 e. The molecule has 1 aliphatic heterocycles. The molecule has 2 N–H and O–H groups in total. The number of hydrogen-bond acceptors (Lipinski definition) is 4. The van der Waals surface area contributed by atoms with E-state index in [4.69, 9.17) is 4.99 Å². The highest BCUT2D eigenvalue weighted by Gasteiger charge is 2.22. The minimum atomic E-state index is 0. The van der Waals surface area contributed by atoms with E-state index in [1.54, 1.807) is 0 Å². The maximum absolute atomic E-state index is 4.83. The molecule has 0 radical (unpaired) electrons. The van der Waals surface area contributed by atoms with E-state index in [1.165, 1.54) is 22.0 Å². The third-order valence-corrected chi connectivity index (χ3v) is 6.04. The van der Waals surface area contributed by atoms with E-state index in [2.05, 4.69) is 64.7 Å². The molecule has 0 saturated carbocycles. The molecule has 1 aromatic heterocycles. The number of benzene rings is 1. The molecule has 2 aromatic rings. The lowest BCUT2D eigenvalue weighted by Gasteiger charge is -2.18. The van der Waals surface area contributed by atoms with Crippen LogP contribution in [0.15, 0.2) is 41.5 Å². The predicted molar refractivity (Wildman–Crippen MR) is 131 cm³/mol. The van der Waals surface area contributed by atoms with Crippen LogP contribution in [0.5, 0.6) is 0 Å². The number of anilines is 1. The minimum absolute atomic E-state index is 0. The number of rotatable bonds is 8. The Morgan fingerprint density at radius 2 is 2.07 bits per heavy atom. The quantitative estimate of drug-likeness (QED) is 0.319. The van der Waals surface area contributed by atoms with Gasteiger partial charge in [0.25, 0.3) is 0 Å². The maximum Gasteiger partial charge on any atom is 0.191 e. The molecule has 1 atom stereocenters. The predicted octanol–water partition coefficient (Wildman–Crippen LogP) is 3.95. The topological polar surface area (TPSA) is 52.6 Å². The zero-order valence-corrected chi connectivity index (χ0v) is 20.0. The summed E-state index contributed by atoms with van der Waals surface area (Å²) in [7, 11) is 0. The average Bonchev–Trinajstić information content (AvgIpc) is 3.36. The average molecular weight is 513 g/mol. The van der Waals surface area contributed by atoms with Gasteiger partial charge in [-0.25, -0.2) is 4.98 Å². The van der Waals surface area contributed by atoms with Gasteiger partial charge in [-0.1, -0.05) is 25.1 Å². The van der Waals surface area contributed by atoms with Crippen LogP contribution in [-0.2, 0) is 12.8 Å². The van der Waals surface area contributed by atoms with Gasteiger partial charge >= 0.3 is 0 Å². The highest BCUT2D eigenvalue weighted by Crippen LogP contribution is 2.23. The molecule has 5 nitrogen and oxygen atoms in total. The van der Waals surface area contributed by atoms with Crippen molar-refractivity contribution in [3.8, 4) is 0 Å². The number of thiazole rings is 1. The molecule has 154 valence electrons. The van der Waals surface area contributed by atoms with Gasteiger partial charge in [0.1, 0.15) is 0 Å². The van der Waals surface area contributed by atoms with Crippen LogP contribution in [0.4, 0.5) is 5.69 Å². The fourth-order valence-corrected chi connectivity index (χ4v) is 4.19.